The molecule has 4 nitrogen and oxygen atoms in total. The number of hydrogen-bond acceptors (Lipinski definition) is 4. The molecule has 0 aromatic heterocycles. The SMILES string of the molecule is CCCCOCCOCCC(C#N)(NC)c1ccccc1. The smallest absolute Gasteiger partial charge is 0.134 e. The van der Waals surface area contributed by atoms with Gasteiger partial charge in [-0.2, -0.15) is 5.26 Å². The Morgan fingerprint density at radius 3 is 2.33 bits per heavy atom. The molecular weight excluding hydrogens is 264 g/mol. The van der Waals surface area contributed by atoms with E-state index in [1.165, 1.54) is 0 Å². The lowest BCUT2D eigenvalue weighted by Crippen LogP contribution is -2.39. The standard InChI is InChI=1S/C17H26N2O2/c1-3-4-11-20-13-14-21-12-10-17(15-18,19-2)16-8-6-5-7-9-16/h5-9,19H,3-4,10-14H2,1-2H3. The molecule has 1 aromatic carbocycles. The molecule has 0 saturated heterocycles. The van der Waals surface area contributed by atoms with Gasteiger partial charge in [-0.3, -0.25) is 5.32 Å². The summed E-state index contributed by atoms with van der Waals surface area (Å²) in [6.07, 6.45) is 2.84. The number of nitrogens with one attached hydrogen (secondary N) is 1. The second-order valence-corrected chi connectivity index (χ2v) is 4.96. The molecule has 0 radical (unpaired) electrons. The Kier molecular flexibility index (Phi) is 8.68. The summed E-state index contributed by atoms with van der Waals surface area (Å²) in [7, 11) is 1.81. The second-order valence-electron chi connectivity index (χ2n) is 4.96. The van der Waals surface area contributed by atoms with Crippen molar-refractivity contribution in [3.8, 4) is 6.07 Å². The highest BCUT2D eigenvalue weighted by Crippen LogP contribution is 2.23. The normalized spacial score (nSPS) is 13.6. The van der Waals surface area contributed by atoms with E-state index >= 15 is 0 Å². The Hall–Kier alpha value is -1.41. The zero-order valence-corrected chi connectivity index (χ0v) is 13.1. The summed E-state index contributed by atoms with van der Waals surface area (Å²) in [6.45, 7) is 4.65. The van der Waals surface area contributed by atoms with Crippen LogP contribution in [0.15, 0.2) is 30.3 Å². The largest absolute Gasteiger partial charge is 0.379 e. The minimum Gasteiger partial charge on any atom is -0.379 e. The molecule has 0 aliphatic rings. The van der Waals surface area contributed by atoms with E-state index in [9.17, 15) is 5.26 Å². The minimum absolute atomic E-state index is 0.528. The average molecular weight is 290 g/mol. The number of ether oxygens (including phenoxy) is 2. The maximum absolute atomic E-state index is 9.54. The number of nitriles is 1. The third-order valence-electron chi connectivity index (χ3n) is 3.52. The molecule has 4 heteroatoms. The highest BCUT2D eigenvalue weighted by atomic mass is 16.5. The molecular formula is C17H26N2O2. The van der Waals surface area contributed by atoms with Crippen LogP contribution >= 0.6 is 0 Å². The van der Waals surface area contributed by atoms with E-state index in [4.69, 9.17) is 9.47 Å². The lowest BCUT2D eigenvalue weighted by atomic mass is 9.88. The van der Waals surface area contributed by atoms with Gasteiger partial charge in [0.25, 0.3) is 0 Å². The average Bonchev–Trinajstić information content (AvgIpc) is 2.55. The highest BCUT2D eigenvalue weighted by Gasteiger charge is 2.29. The van der Waals surface area contributed by atoms with Gasteiger partial charge in [-0.1, -0.05) is 43.7 Å². The molecule has 1 atom stereocenters. The maximum atomic E-state index is 9.54. The number of nitrogens with zero attached hydrogens (tertiary/aromatic N) is 1. The minimum atomic E-state index is -0.690. The van der Waals surface area contributed by atoms with Gasteiger partial charge in [-0.05, 0) is 19.0 Å². The van der Waals surface area contributed by atoms with Crippen molar-refractivity contribution in [1.82, 2.24) is 5.32 Å². The van der Waals surface area contributed by atoms with Crippen molar-refractivity contribution in [3.05, 3.63) is 35.9 Å². The third kappa shape index (κ3) is 5.84. The first-order valence-corrected chi connectivity index (χ1v) is 7.60. The topological polar surface area (TPSA) is 54.3 Å². The maximum Gasteiger partial charge on any atom is 0.134 e. The van der Waals surface area contributed by atoms with E-state index in [-0.39, 0.29) is 0 Å². The van der Waals surface area contributed by atoms with E-state index in [2.05, 4.69) is 18.3 Å². The van der Waals surface area contributed by atoms with Crippen LogP contribution in [0.4, 0.5) is 0 Å². The van der Waals surface area contributed by atoms with Crippen molar-refractivity contribution in [2.45, 2.75) is 31.7 Å². The lowest BCUT2D eigenvalue weighted by molar-refractivity contribution is 0.0409. The Bertz CT molecular complexity index is 417. The van der Waals surface area contributed by atoms with Crippen LogP contribution in [-0.4, -0.2) is 33.5 Å². The number of benzene rings is 1. The van der Waals surface area contributed by atoms with Crippen LogP contribution in [0.25, 0.3) is 0 Å². The molecule has 1 rings (SSSR count). The summed E-state index contributed by atoms with van der Waals surface area (Å²) in [4.78, 5) is 0. The van der Waals surface area contributed by atoms with E-state index < -0.39 is 5.54 Å². The van der Waals surface area contributed by atoms with Crippen molar-refractivity contribution in [2.75, 3.05) is 33.5 Å². The fraction of sp³-hybridized carbons (Fsp3) is 0.588. The molecule has 0 aliphatic carbocycles. The van der Waals surface area contributed by atoms with E-state index in [1.807, 2.05) is 37.4 Å². The zero-order valence-electron chi connectivity index (χ0n) is 13.1. The van der Waals surface area contributed by atoms with Crippen LogP contribution in [0, 0.1) is 11.3 Å². The third-order valence-corrected chi connectivity index (χ3v) is 3.52. The highest BCUT2D eigenvalue weighted by molar-refractivity contribution is 5.31. The number of unbranched alkanes of at least 4 members (excludes halogenated alkanes) is 1. The molecule has 1 unspecified atom stereocenters. The van der Waals surface area contributed by atoms with Crippen molar-refractivity contribution in [2.24, 2.45) is 0 Å². The molecule has 1 aromatic rings. The summed E-state index contributed by atoms with van der Waals surface area (Å²) in [5, 5.41) is 12.7. The van der Waals surface area contributed by atoms with Gasteiger partial charge in [-0.25, -0.2) is 0 Å². The van der Waals surface area contributed by atoms with Crippen molar-refractivity contribution < 1.29 is 9.47 Å². The molecule has 0 amide bonds. The fourth-order valence-electron chi connectivity index (χ4n) is 2.11. The van der Waals surface area contributed by atoms with Gasteiger partial charge >= 0.3 is 0 Å². The molecule has 0 saturated carbocycles. The molecule has 0 heterocycles. The summed E-state index contributed by atoms with van der Waals surface area (Å²) < 4.78 is 11.0. The summed E-state index contributed by atoms with van der Waals surface area (Å²) >= 11 is 0. The van der Waals surface area contributed by atoms with Crippen LogP contribution in [0.5, 0.6) is 0 Å². The lowest BCUT2D eigenvalue weighted by Gasteiger charge is -2.26. The Labute approximate surface area is 128 Å². The van der Waals surface area contributed by atoms with Crippen molar-refractivity contribution >= 4 is 0 Å². The first-order valence-electron chi connectivity index (χ1n) is 7.60. The first kappa shape index (κ1) is 17.6. The quantitative estimate of drug-likeness (QED) is 0.637. The van der Waals surface area contributed by atoms with Gasteiger partial charge in [0.2, 0.25) is 0 Å². The summed E-state index contributed by atoms with van der Waals surface area (Å²) in [5.74, 6) is 0. The van der Waals surface area contributed by atoms with Gasteiger partial charge in [0.15, 0.2) is 0 Å². The monoisotopic (exact) mass is 290 g/mol. The Balaban J connectivity index is 2.35. The summed E-state index contributed by atoms with van der Waals surface area (Å²) in [5.41, 5.74) is 0.280. The molecule has 0 bridgehead atoms. The predicted octanol–water partition coefficient (Wildman–Crippen LogP) is 2.85. The van der Waals surface area contributed by atoms with E-state index in [0.29, 0.717) is 26.2 Å². The van der Waals surface area contributed by atoms with Gasteiger partial charge in [0.1, 0.15) is 5.54 Å². The molecule has 0 fully saturated rings. The van der Waals surface area contributed by atoms with E-state index in [1.54, 1.807) is 0 Å². The molecule has 1 N–H and O–H groups in total. The van der Waals surface area contributed by atoms with Gasteiger partial charge in [0.05, 0.1) is 19.3 Å². The molecule has 21 heavy (non-hydrogen) atoms. The Morgan fingerprint density at radius 2 is 1.76 bits per heavy atom. The number of rotatable bonds is 11. The number of hydrogen-bond donors (Lipinski definition) is 1. The Morgan fingerprint density at radius 1 is 1.10 bits per heavy atom. The van der Waals surface area contributed by atoms with Crippen LogP contribution in [0.2, 0.25) is 0 Å². The van der Waals surface area contributed by atoms with Crippen molar-refractivity contribution in [3.63, 3.8) is 0 Å². The van der Waals surface area contributed by atoms with Crippen LogP contribution < -0.4 is 5.32 Å². The molecule has 0 spiro atoms. The zero-order chi connectivity index (χ0) is 15.4. The first-order chi connectivity index (χ1) is 10.3. The second kappa shape index (κ2) is 10.3. The van der Waals surface area contributed by atoms with Crippen LogP contribution in [0.1, 0.15) is 31.7 Å². The molecule has 116 valence electrons. The summed E-state index contributed by atoms with van der Waals surface area (Å²) in [6, 6.07) is 12.2. The van der Waals surface area contributed by atoms with Crippen LogP contribution in [-0.2, 0) is 15.0 Å². The van der Waals surface area contributed by atoms with Gasteiger partial charge in [-0.15, -0.1) is 0 Å². The predicted molar refractivity (Wildman–Crippen MR) is 84.0 cm³/mol. The van der Waals surface area contributed by atoms with Gasteiger partial charge < -0.3 is 9.47 Å². The van der Waals surface area contributed by atoms with Crippen molar-refractivity contribution in [1.29, 1.82) is 5.26 Å². The van der Waals surface area contributed by atoms with Crippen LogP contribution in [0.3, 0.4) is 0 Å². The fourth-order valence-corrected chi connectivity index (χ4v) is 2.11. The van der Waals surface area contributed by atoms with Gasteiger partial charge in [0, 0.05) is 19.6 Å². The van der Waals surface area contributed by atoms with E-state index in [0.717, 1.165) is 25.0 Å². The molecule has 0 aliphatic heterocycles.